The van der Waals surface area contributed by atoms with Gasteiger partial charge in [-0.1, -0.05) is 18.2 Å². The second kappa shape index (κ2) is 6.63. The maximum absolute atomic E-state index is 13.0. The molecule has 1 amide bonds. The predicted octanol–water partition coefficient (Wildman–Crippen LogP) is 2.63. The lowest BCUT2D eigenvalue weighted by atomic mass is 9.97. The zero-order valence-electron chi connectivity index (χ0n) is 14.3. The molecule has 2 aliphatic heterocycles. The summed E-state index contributed by atoms with van der Waals surface area (Å²) in [4.78, 5) is 24.8. The van der Waals surface area contributed by atoms with Gasteiger partial charge in [0.15, 0.2) is 0 Å². The van der Waals surface area contributed by atoms with Gasteiger partial charge in [0.2, 0.25) is 0 Å². The number of hydrogen-bond donors (Lipinski definition) is 0. The van der Waals surface area contributed by atoms with E-state index in [1.165, 1.54) is 5.01 Å². The molecule has 0 aromatic heterocycles. The van der Waals surface area contributed by atoms with Gasteiger partial charge in [-0.15, -0.1) is 0 Å². The van der Waals surface area contributed by atoms with Crippen LogP contribution in [0.2, 0.25) is 0 Å². The molecular weight excluding hydrogens is 332 g/mol. The molecule has 1 fully saturated rings. The van der Waals surface area contributed by atoms with E-state index >= 15 is 0 Å². The first kappa shape index (κ1) is 16.3. The molecule has 2 aromatic rings. The minimum absolute atomic E-state index is 0.169. The number of hydrazone groups is 1. The molecule has 2 aromatic carbocycles. The minimum atomic E-state index is -0.371. The number of fused-ring (bicyclic) bond motifs is 1. The number of nitrogens with zero attached hydrogens (tertiary/aromatic N) is 2. The molecule has 0 unspecified atom stereocenters. The summed E-state index contributed by atoms with van der Waals surface area (Å²) in [5.41, 5.74) is 2.12. The molecular formula is C20H18N2O4. The van der Waals surface area contributed by atoms with Crippen LogP contribution in [0.25, 0.3) is 0 Å². The normalized spacial score (nSPS) is 21.7. The molecule has 2 atom stereocenters. The highest BCUT2D eigenvalue weighted by Crippen LogP contribution is 2.31. The Bertz CT molecular complexity index is 861. The van der Waals surface area contributed by atoms with E-state index in [-0.39, 0.29) is 30.4 Å². The SMILES string of the molecule is COc1ccc(C2=NN(C(=O)c3ccccc3)[C@@H]3CC(=O)O[C@@H]3C2)cc1. The van der Waals surface area contributed by atoms with Crippen LogP contribution in [0.3, 0.4) is 0 Å². The van der Waals surface area contributed by atoms with Gasteiger partial charge in [-0.2, -0.15) is 5.10 Å². The van der Waals surface area contributed by atoms with Gasteiger partial charge in [-0.05, 0) is 42.0 Å². The van der Waals surface area contributed by atoms with Crippen molar-refractivity contribution in [2.45, 2.75) is 25.0 Å². The molecule has 1 saturated heterocycles. The average Bonchev–Trinajstić information content (AvgIpc) is 3.07. The number of benzene rings is 2. The largest absolute Gasteiger partial charge is 0.497 e. The van der Waals surface area contributed by atoms with E-state index in [4.69, 9.17) is 9.47 Å². The summed E-state index contributed by atoms with van der Waals surface area (Å²) in [5.74, 6) is 0.217. The molecule has 132 valence electrons. The molecule has 0 N–H and O–H groups in total. The Hall–Kier alpha value is -3.15. The average molecular weight is 350 g/mol. The summed E-state index contributed by atoms with van der Waals surface area (Å²) in [6.45, 7) is 0. The molecule has 0 spiro atoms. The minimum Gasteiger partial charge on any atom is -0.497 e. The van der Waals surface area contributed by atoms with Gasteiger partial charge in [0.25, 0.3) is 5.91 Å². The van der Waals surface area contributed by atoms with Gasteiger partial charge < -0.3 is 9.47 Å². The van der Waals surface area contributed by atoms with Crippen molar-refractivity contribution in [3.05, 3.63) is 65.7 Å². The van der Waals surface area contributed by atoms with Crippen LogP contribution in [0, 0.1) is 0 Å². The van der Waals surface area contributed by atoms with Crippen molar-refractivity contribution in [2.75, 3.05) is 7.11 Å². The zero-order chi connectivity index (χ0) is 18.1. The third-order valence-corrected chi connectivity index (χ3v) is 4.68. The number of hydrogen-bond acceptors (Lipinski definition) is 5. The number of amides is 1. The van der Waals surface area contributed by atoms with E-state index < -0.39 is 0 Å². The van der Waals surface area contributed by atoms with Gasteiger partial charge >= 0.3 is 5.97 Å². The lowest BCUT2D eigenvalue weighted by Gasteiger charge is -2.32. The van der Waals surface area contributed by atoms with E-state index in [0.717, 1.165) is 11.3 Å². The molecule has 2 heterocycles. The Morgan fingerprint density at radius 1 is 1.12 bits per heavy atom. The molecule has 0 bridgehead atoms. The Morgan fingerprint density at radius 2 is 1.85 bits per heavy atom. The smallest absolute Gasteiger partial charge is 0.308 e. The lowest BCUT2D eigenvalue weighted by Crippen LogP contribution is -2.46. The maximum atomic E-state index is 13.0. The van der Waals surface area contributed by atoms with Crippen molar-refractivity contribution < 1.29 is 19.1 Å². The fraction of sp³-hybridized carbons (Fsp3) is 0.250. The van der Waals surface area contributed by atoms with Crippen LogP contribution in [0.4, 0.5) is 0 Å². The summed E-state index contributed by atoms with van der Waals surface area (Å²) in [6.07, 6.45) is 0.286. The zero-order valence-corrected chi connectivity index (χ0v) is 14.3. The predicted molar refractivity (Wildman–Crippen MR) is 95.0 cm³/mol. The van der Waals surface area contributed by atoms with E-state index in [9.17, 15) is 9.59 Å². The van der Waals surface area contributed by atoms with E-state index in [0.29, 0.717) is 17.7 Å². The van der Waals surface area contributed by atoms with Crippen LogP contribution in [0.5, 0.6) is 5.75 Å². The van der Waals surface area contributed by atoms with Crippen molar-refractivity contribution >= 4 is 17.6 Å². The quantitative estimate of drug-likeness (QED) is 0.798. The topological polar surface area (TPSA) is 68.2 Å². The van der Waals surface area contributed by atoms with Gasteiger partial charge in [-0.25, -0.2) is 5.01 Å². The molecule has 0 saturated carbocycles. The molecule has 6 nitrogen and oxygen atoms in total. The lowest BCUT2D eigenvalue weighted by molar-refractivity contribution is -0.141. The molecule has 2 aliphatic rings. The summed E-state index contributed by atoms with van der Waals surface area (Å²) in [7, 11) is 1.61. The standard InChI is InChI=1S/C20H18N2O4/c1-25-15-9-7-13(8-10-15)16-11-18-17(12-19(23)26-18)22(21-16)20(24)14-5-3-2-4-6-14/h2-10,17-18H,11-12H2,1H3/t17-,18-/m1/s1. The summed E-state index contributed by atoms with van der Waals surface area (Å²) in [6, 6.07) is 16.0. The fourth-order valence-corrected chi connectivity index (χ4v) is 3.32. The highest BCUT2D eigenvalue weighted by atomic mass is 16.6. The van der Waals surface area contributed by atoms with Crippen molar-refractivity contribution in [1.82, 2.24) is 5.01 Å². The number of ether oxygens (including phenoxy) is 2. The van der Waals surface area contributed by atoms with Gasteiger partial charge in [0.1, 0.15) is 17.9 Å². The van der Waals surface area contributed by atoms with E-state index in [2.05, 4.69) is 5.10 Å². The van der Waals surface area contributed by atoms with Crippen LogP contribution < -0.4 is 4.74 Å². The van der Waals surface area contributed by atoms with Gasteiger partial charge in [0, 0.05) is 12.0 Å². The van der Waals surface area contributed by atoms with Gasteiger partial charge in [-0.3, -0.25) is 9.59 Å². The molecule has 26 heavy (non-hydrogen) atoms. The highest BCUT2D eigenvalue weighted by Gasteiger charge is 2.45. The Kier molecular flexibility index (Phi) is 4.16. The third kappa shape index (κ3) is 2.94. The summed E-state index contributed by atoms with van der Waals surface area (Å²) < 4.78 is 10.6. The van der Waals surface area contributed by atoms with Crippen molar-refractivity contribution in [2.24, 2.45) is 5.10 Å². The Morgan fingerprint density at radius 3 is 2.54 bits per heavy atom. The van der Waals surface area contributed by atoms with E-state index in [1.807, 2.05) is 30.3 Å². The molecule has 6 heteroatoms. The van der Waals surface area contributed by atoms with Crippen molar-refractivity contribution in [3.63, 3.8) is 0 Å². The number of carbonyl (C=O) groups excluding carboxylic acids is 2. The maximum Gasteiger partial charge on any atom is 0.308 e. The number of carbonyl (C=O) groups is 2. The Labute approximate surface area is 151 Å². The second-order valence-electron chi connectivity index (χ2n) is 6.29. The highest BCUT2D eigenvalue weighted by molar-refractivity contribution is 6.04. The Balaban J connectivity index is 1.70. The van der Waals surface area contributed by atoms with Crippen LogP contribution in [-0.4, -0.2) is 41.9 Å². The molecule has 0 radical (unpaired) electrons. The van der Waals surface area contributed by atoms with Crippen LogP contribution in [0.15, 0.2) is 59.7 Å². The number of rotatable bonds is 3. The van der Waals surface area contributed by atoms with Gasteiger partial charge in [0.05, 0.1) is 19.2 Å². The first-order valence-electron chi connectivity index (χ1n) is 8.45. The number of methoxy groups -OCH3 is 1. The van der Waals surface area contributed by atoms with Crippen molar-refractivity contribution in [1.29, 1.82) is 0 Å². The van der Waals surface area contributed by atoms with Crippen LogP contribution in [-0.2, 0) is 9.53 Å². The van der Waals surface area contributed by atoms with Crippen LogP contribution in [0.1, 0.15) is 28.8 Å². The fourth-order valence-electron chi connectivity index (χ4n) is 3.32. The first-order chi connectivity index (χ1) is 12.7. The monoisotopic (exact) mass is 350 g/mol. The number of esters is 1. The first-order valence-corrected chi connectivity index (χ1v) is 8.45. The third-order valence-electron chi connectivity index (χ3n) is 4.68. The van der Waals surface area contributed by atoms with Crippen molar-refractivity contribution in [3.8, 4) is 5.75 Å². The summed E-state index contributed by atoms with van der Waals surface area (Å²) in [5, 5.41) is 6.00. The summed E-state index contributed by atoms with van der Waals surface area (Å²) >= 11 is 0. The second-order valence-corrected chi connectivity index (χ2v) is 6.29. The molecule has 0 aliphatic carbocycles. The van der Waals surface area contributed by atoms with Crippen LogP contribution >= 0.6 is 0 Å². The molecule has 4 rings (SSSR count). The van der Waals surface area contributed by atoms with E-state index in [1.54, 1.807) is 31.4 Å².